The normalized spacial score (nSPS) is 10.9. The summed E-state index contributed by atoms with van der Waals surface area (Å²) in [6.07, 6.45) is 3.19. The first kappa shape index (κ1) is 17.0. The summed E-state index contributed by atoms with van der Waals surface area (Å²) in [5.74, 6) is -2.80. The van der Waals surface area contributed by atoms with Crippen molar-refractivity contribution in [3.8, 4) is 11.1 Å². The van der Waals surface area contributed by atoms with Gasteiger partial charge in [0.2, 0.25) is 0 Å². The van der Waals surface area contributed by atoms with Gasteiger partial charge < -0.3 is 5.32 Å². The molecule has 0 amide bonds. The van der Waals surface area contributed by atoms with E-state index in [1.54, 1.807) is 6.07 Å². The average Bonchev–Trinajstić information content (AvgIpc) is 2.59. The first-order valence-corrected chi connectivity index (χ1v) is 7.44. The Labute approximate surface area is 141 Å². The van der Waals surface area contributed by atoms with Gasteiger partial charge in [0.1, 0.15) is 11.6 Å². The Morgan fingerprint density at radius 2 is 1.44 bits per heavy atom. The third-order valence-electron chi connectivity index (χ3n) is 3.64. The molecule has 25 heavy (non-hydrogen) atoms. The van der Waals surface area contributed by atoms with Crippen molar-refractivity contribution in [2.45, 2.75) is 13.1 Å². The molecule has 1 aromatic carbocycles. The van der Waals surface area contributed by atoms with Gasteiger partial charge in [-0.1, -0.05) is 12.1 Å². The minimum Gasteiger partial charge on any atom is -0.307 e. The highest BCUT2D eigenvalue weighted by Gasteiger charge is 2.12. The molecule has 0 fully saturated rings. The highest BCUT2D eigenvalue weighted by atomic mass is 19.1. The second kappa shape index (κ2) is 7.40. The number of aromatic nitrogens is 2. The number of hydrogen-bond acceptors (Lipinski definition) is 3. The lowest BCUT2D eigenvalue weighted by Crippen LogP contribution is -2.15. The molecule has 0 unspecified atom stereocenters. The van der Waals surface area contributed by atoms with E-state index in [2.05, 4.69) is 15.3 Å². The van der Waals surface area contributed by atoms with Crippen molar-refractivity contribution in [2.75, 3.05) is 0 Å². The van der Waals surface area contributed by atoms with Gasteiger partial charge in [-0.15, -0.1) is 0 Å². The number of pyridine rings is 2. The minimum atomic E-state index is -0.775. The molecule has 0 saturated heterocycles. The number of halogens is 4. The quantitative estimate of drug-likeness (QED) is 0.709. The Kier molecular flexibility index (Phi) is 5.04. The monoisotopic (exact) mass is 347 g/mol. The van der Waals surface area contributed by atoms with Gasteiger partial charge in [-0.2, -0.15) is 0 Å². The third-order valence-corrected chi connectivity index (χ3v) is 3.64. The van der Waals surface area contributed by atoms with E-state index >= 15 is 0 Å². The van der Waals surface area contributed by atoms with Crippen molar-refractivity contribution in [2.24, 2.45) is 0 Å². The lowest BCUT2D eigenvalue weighted by molar-refractivity contribution is 0.534. The summed E-state index contributed by atoms with van der Waals surface area (Å²) in [4.78, 5) is 7.54. The van der Waals surface area contributed by atoms with Gasteiger partial charge in [-0.05, 0) is 18.2 Å². The zero-order valence-electron chi connectivity index (χ0n) is 12.9. The van der Waals surface area contributed by atoms with E-state index in [1.807, 2.05) is 0 Å². The highest BCUT2D eigenvalue weighted by Crippen LogP contribution is 2.24. The van der Waals surface area contributed by atoms with Gasteiger partial charge in [0.05, 0.1) is 23.7 Å². The number of benzene rings is 1. The summed E-state index contributed by atoms with van der Waals surface area (Å²) in [6, 6.07) is 6.77. The Balaban J connectivity index is 1.67. The summed E-state index contributed by atoms with van der Waals surface area (Å²) < 4.78 is 54.4. The van der Waals surface area contributed by atoms with Crippen LogP contribution in [0, 0.1) is 23.3 Å². The van der Waals surface area contributed by atoms with Gasteiger partial charge in [0.15, 0.2) is 11.6 Å². The van der Waals surface area contributed by atoms with Crippen molar-refractivity contribution in [3.63, 3.8) is 0 Å². The van der Waals surface area contributed by atoms with E-state index in [9.17, 15) is 17.6 Å². The van der Waals surface area contributed by atoms with Gasteiger partial charge in [-0.25, -0.2) is 17.6 Å². The first-order valence-electron chi connectivity index (χ1n) is 7.44. The van der Waals surface area contributed by atoms with Crippen LogP contribution in [0.5, 0.6) is 0 Å². The Morgan fingerprint density at radius 3 is 2.04 bits per heavy atom. The van der Waals surface area contributed by atoms with Crippen molar-refractivity contribution in [3.05, 3.63) is 83.4 Å². The maximum atomic E-state index is 13.7. The van der Waals surface area contributed by atoms with E-state index in [4.69, 9.17) is 0 Å². The van der Waals surface area contributed by atoms with Crippen LogP contribution >= 0.6 is 0 Å². The predicted octanol–water partition coefficient (Wildman–Crippen LogP) is 3.99. The molecule has 2 aromatic heterocycles. The van der Waals surface area contributed by atoms with Gasteiger partial charge >= 0.3 is 0 Å². The van der Waals surface area contributed by atoms with E-state index in [1.165, 1.54) is 30.5 Å². The summed E-state index contributed by atoms with van der Waals surface area (Å²) in [5, 5.41) is 2.88. The van der Waals surface area contributed by atoms with Gasteiger partial charge in [0.25, 0.3) is 0 Å². The second-order valence-corrected chi connectivity index (χ2v) is 5.32. The largest absolute Gasteiger partial charge is 0.307 e. The van der Waals surface area contributed by atoms with E-state index in [0.717, 1.165) is 12.4 Å². The fraction of sp³-hybridized carbons (Fsp3) is 0.111. The third kappa shape index (κ3) is 3.83. The summed E-state index contributed by atoms with van der Waals surface area (Å²) in [5.41, 5.74) is 0.590. The number of nitrogens with one attached hydrogen (secondary N) is 1. The van der Waals surface area contributed by atoms with Crippen LogP contribution in [0.4, 0.5) is 17.6 Å². The molecule has 3 nitrogen and oxygen atoms in total. The molecule has 0 spiro atoms. The summed E-state index contributed by atoms with van der Waals surface area (Å²) in [7, 11) is 0. The maximum Gasteiger partial charge on any atom is 0.152 e. The van der Waals surface area contributed by atoms with Crippen molar-refractivity contribution < 1.29 is 17.6 Å². The van der Waals surface area contributed by atoms with Crippen molar-refractivity contribution >= 4 is 0 Å². The number of rotatable bonds is 5. The van der Waals surface area contributed by atoms with E-state index in [-0.39, 0.29) is 29.8 Å². The van der Waals surface area contributed by atoms with Crippen LogP contribution in [0.1, 0.15) is 11.3 Å². The molecule has 128 valence electrons. The molecule has 0 saturated carbocycles. The molecular weight excluding hydrogens is 334 g/mol. The molecule has 7 heteroatoms. The molecule has 0 aliphatic heterocycles. The molecule has 1 N–H and O–H groups in total. The fourth-order valence-electron chi connectivity index (χ4n) is 2.38. The lowest BCUT2D eigenvalue weighted by Gasteiger charge is -2.08. The smallest absolute Gasteiger partial charge is 0.152 e. The van der Waals surface area contributed by atoms with Crippen LogP contribution < -0.4 is 5.32 Å². The Morgan fingerprint density at radius 1 is 0.760 bits per heavy atom. The van der Waals surface area contributed by atoms with E-state index < -0.39 is 23.3 Å². The van der Waals surface area contributed by atoms with E-state index in [0.29, 0.717) is 5.69 Å². The molecule has 0 aliphatic carbocycles. The Bertz CT molecular complexity index is 841. The van der Waals surface area contributed by atoms with Crippen LogP contribution in [-0.2, 0) is 13.1 Å². The summed E-state index contributed by atoms with van der Waals surface area (Å²) in [6.45, 7) is 0.241. The molecule has 0 atom stereocenters. The fourth-order valence-corrected chi connectivity index (χ4v) is 2.38. The van der Waals surface area contributed by atoms with Crippen LogP contribution in [0.3, 0.4) is 0 Å². The molecule has 0 bridgehead atoms. The molecule has 0 aliphatic rings. The van der Waals surface area contributed by atoms with Gasteiger partial charge in [-0.3, -0.25) is 9.97 Å². The van der Waals surface area contributed by atoms with Crippen LogP contribution in [0.25, 0.3) is 11.1 Å². The second-order valence-electron chi connectivity index (χ2n) is 5.32. The number of nitrogens with zero attached hydrogens (tertiary/aromatic N) is 2. The molecule has 3 aromatic rings. The standard InChI is InChI=1S/C18H13F4N3/c19-14-2-1-3-15(20)13(14)8-23-7-12-5-4-11(6-25-12)18-16(21)9-24-10-17(18)22/h1-6,9-10,23H,7-8H2. The van der Waals surface area contributed by atoms with Crippen molar-refractivity contribution in [1.82, 2.24) is 15.3 Å². The number of hydrogen-bond donors (Lipinski definition) is 1. The van der Waals surface area contributed by atoms with Crippen LogP contribution in [-0.4, -0.2) is 9.97 Å². The SMILES string of the molecule is Fc1cccc(F)c1CNCc1ccc(-c2c(F)cncc2F)cn1. The minimum absolute atomic E-state index is 0.00442. The van der Waals surface area contributed by atoms with Gasteiger partial charge in [0, 0.05) is 30.4 Å². The zero-order chi connectivity index (χ0) is 17.8. The topological polar surface area (TPSA) is 37.8 Å². The highest BCUT2D eigenvalue weighted by molar-refractivity contribution is 5.63. The molecule has 0 radical (unpaired) electrons. The lowest BCUT2D eigenvalue weighted by atomic mass is 10.1. The molecular formula is C18H13F4N3. The van der Waals surface area contributed by atoms with Crippen LogP contribution in [0.2, 0.25) is 0 Å². The molecule has 2 heterocycles. The van der Waals surface area contributed by atoms with Crippen LogP contribution in [0.15, 0.2) is 48.9 Å². The summed E-state index contributed by atoms with van der Waals surface area (Å²) >= 11 is 0. The Hall–Kier alpha value is -2.80. The first-order chi connectivity index (χ1) is 12.1. The zero-order valence-corrected chi connectivity index (χ0v) is 12.9. The average molecular weight is 347 g/mol. The predicted molar refractivity (Wildman–Crippen MR) is 84.3 cm³/mol. The molecule has 3 rings (SSSR count). The maximum absolute atomic E-state index is 13.7. The van der Waals surface area contributed by atoms with Crippen molar-refractivity contribution in [1.29, 1.82) is 0 Å².